The van der Waals surface area contributed by atoms with Gasteiger partial charge in [0.15, 0.2) is 11.8 Å². The summed E-state index contributed by atoms with van der Waals surface area (Å²) in [5.41, 5.74) is 0. The normalized spacial score (nSPS) is 21.2. The minimum Gasteiger partial charge on any atom is -0.356 e. The monoisotopic (exact) mass is 351 g/mol. The van der Waals surface area contributed by atoms with Gasteiger partial charge in [-0.2, -0.15) is 16.7 Å². The summed E-state index contributed by atoms with van der Waals surface area (Å²) in [6, 6.07) is 0. The van der Waals surface area contributed by atoms with Crippen LogP contribution < -0.4 is 5.32 Å². The summed E-state index contributed by atoms with van der Waals surface area (Å²) >= 11 is 2.19. The molecular formula is C17H29N5OS. The molecule has 1 aliphatic heterocycles. The summed E-state index contributed by atoms with van der Waals surface area (Å²) in [6.45, 7) is 5.01. The molecule has 1 spiro atoms. The van der Waals surface area contributed by atoms with Gasteiger partial charge in [0.1, 0.15) is 0 Å². The van der Waals surface area contributed by atoms with Crippen LogP contribution in [-0.2, 0) is 12.8 Å². The molecule has 1 saturated heterocycles. The molecule has 24 heavy (non-hydrogen) atoms. The predicted octanol–water partition coefficient (Wildman–Crippen LogP) is 2.50. The molecule has 0 bridgehead atoms. The van der Waals surface area contributed by atoms with Gasteiger partial charge in [0.2, 0.25) is 5.89 Å². The number of aryl methyl sites for hydroxylation is 1. The fourth-order valence-electron chi connectivity index (χ4n) is 3.68. The maximum Gasteiger partial charge on any atom is 0.226 e. The van der Waals surface area contributed by atoms with Gasteiger partial charge in [0, 0.05) is 50.0 Å². The fraction of sp³-hybridized carbons (Fsp3) is 0.824. The fourth-order valence-corrected chi connectivity index (χ4v) is 5.25. The topological polar surface area (TPSA) is 66.6 Å². The van der Waals surface area contributed by atoms with Gasteiger partial charge in [0.05, 0.1) is 0 Å². The highest BCUT2D eigenvalue weighted by atomic mass is 32.2. The molecule has 1 aromatic heterocycles. The molecule has 1 N–H and O–H groups in total. The minimum absolute atomic E-state index is 0.456. The second kappa shape index (κ2) is 8.23. The van der Waals surface area contributed by atoms with E-state index in [9.17, 15) is 0 Å². The van der Waals surface area contributed by atoms with Crippen LogP contribution in [0.25, 0.3) is 0 Å². The van der Waals surface area contributed by atoms with Gasteiger partial charge in [-0.25, -0.2) is 0 Å². The zero-order chi connectivity index (χ0) is 16.8. The Bertz CT molecular complexity index is 547. The van der Waals surface area contributed by atoms with Crippen LogP contribution in [0.1, 0.15) is 50.7 Å². The van der Waals surface area contributed by atoms with Crippen LogP contribution in [0.4, 0.5) is 0 Å². The van der Waals surface area contributed by atoms with Crippen LogP contribution in [0.2, 0.25) is 0 Å². The summed E-state index contributed by atoms with van der Waals surface area (Å²) in [5.74, 6) is 3.69. The third-order valence-corrected chi connectivity index (χ3v) is 6.51. The maximum absolute atomic E-state index is 5.16. The van der Waals surface area contributed by atoms with Crippen LogP contribution in [0, 0.1) is 0 Å². The molecule has 1 saturated carbocycles. The first-order valence-corrected chi connectivity index (χ1v) is 10.1. The van der Waals surface area contributed by atoms with Gasteiger partial charge in [-0.3, -0.25) is 4.99 Å². The molecule has 0 atom stereocenters. The highest BCUT2D eigenvalue weighted by molar-refractivity contribution is 8.00. The number of thioether (sulfide) groups is 1. The summed E-state index contributed by atoms with van der Waals surface area (Å²) < 4.78 is 5.61. The number of rotatable bonds is 4. The Labute approximate surface area is 148 Å². The molecule has 3 rings (SSSR count). The zero-order valence-corrected chi connectivity index (χ0v) is 15.7. The number of hydrogen-bond donors (Lipinski definition) is 1. The lowest BCUT2D eigenvalue weighted by molar-refractivity contribution is 0.293. The van der Waals surface area contributed by atoms with Crippen molar-refractivity contribution in [3.63, 3.8) is 0 Å². The Balaban J connectivity index is 1.51. The van der Waals surface area contributed by atoms with Crippen molar-refractivity contribution in [2.24, 2.45) is 4.99 Å². The molecule has 2 aliphatic rings. The second-order valence-corrected chi connectivity index (χ2v) is 8.26. The molecule has 6 nitrogen and oxygen atoms in total. The van der Waals surface area contributed by atoms with Gasteiger partial charge in [-0.05, 0) is 12.8 Å². The molecule has 2 fully saturated rings. The van der Waals surface area contributed by atoms with Crippen molar-refractivity contribution in [2.75, 3.05) is 32.4 Å². The molecule has 7 heteroatoms. The number of aromatic nitrogens is 2. The first-order valence-electron chi connectivity index (χ1n) is 9.16. The summed E-state index contributed by atoms with van der Waals surface area (Å²) in [6.07, 6.45) is 8.42. The first kappa shape index (κ1) is 17.6. The van der Waals surface area contributed by atoms with Crippen molar-refractivity contribution in [1.82, 2.24) is 20.4 Å². The van der Waals surface area contributed by atoms with Crippen LogP contribution in [0.3, 0.4) is 0 Å². The number of guanidine groups is 1. The van der Waals surface area contributed by atoms with E-state index in [0.29, 0.717) is 10.6 Å². The van der Waals surface area contributed by atoms with Crippen molar-refractivity contribution in [2.45, 2.75) is 56.6 Å². The molecule has 1 aliphatic carbocycles. The van der Waals surface area contributed by atoms with Gasteiger partial charge in [-0.1, -0.05) is 31.3 Å². The Morgan fingerprint density at radius 3 is 2.92 bits per heavy atom. The SMILES string of the molecule is CCc1nc(CCNC(=NC)N2CCSC3(CCCCC3)C2)no1. The Morgan fingerprint density at radius 2 is 2.21 bits per heavy atom. The molecule has 2 heterocycles. The average molecular weight is 352 g/mol. The first-order chi connectivity index (χ1) is 11.7. The molecule has 1 aromatic rings. The maximum atomic E-state index is 5.16. The van der Waals surface area contributed by atoms with E-state index in [1.807, 2.05) is 14.0 Å². The van der Waals surface area contributed by atoms with Gasteiger partial charge >= 0.3 is 0 Å². The van der Waals surface area contributed by atoms with E-state index in [1.165, 1.54) is 37.9 Å². The van der Waals surface area contributed by atoms with E-state index in [4.69, 9.17) is 4.52 Å². The van der Waals surface area contributed by atoms with Crippen LogP contribution >= 0.6 is 11.8 Å². The largest absolute Gasteiger partial charge is 0.356 e. The quantitative estimate of drug-likeness (QED) is 0.664. The Morgan fingerprint density at radius 1 is 1.38 bits per heavy atom. The molecule has 0 radical (unpaired) electrons. The van der Waals surface area contributed by atoms with Gasteiger partial charge < -0.3 is 14.7 Å². The zero-order valence-electron chi connectivity index (χ0n) is 14.9. The average Bonchev–Trinajstić information content (AvgIpc) is 3.07. The van der Waals surface area contributed by atoms with Gasteiger partial charge in [-0.15, -0.1) is 0 Å². The predicted molar refractivity (Wildman–Crippen MR) is 98.6 cm³/mol. The lowest BCUT2D eigenvalue weighted by Crippen LogP contribution is -2.53. The smallest absolute Gasteiger partial charge is 0.226 e. The van der Waals surface area contributed by atoms with E-state index in [2.05, 4.69) is 37.1 Å². The summed E-state index contributed by atoms with van der Waals surface area (Å²) in [7, 11) is 1.88. The van der Waals surface area contributed by atoms with Crippen molar-refractivity contribution in [3.05, 3.63) is 11.7 Å². The van der Waals surface area contributed by atoms with Crippen LogP contribution in [0.5, 0.6) is 0 Å². The molecule has 134 valence electrons. The van der Waals surface area contributed by atoms with Crippen molar-refractivity contribution >= 4 is 17.7 Å². The van der Waals surface area contributed by atoms with E-state index < -0.39 is 0 Å². The van der Waals surface area contributed by atoms with Gasteiger partial charge in [0.25, 0.3) is 0 Å². The molecular weight excluding hydrogens is 322 g/mol. The number of nitrogens with zero attached hydrogens (tertiary/aromatic N) is 4. The van der Waals surface area contributed by atoms with Crippen molar-refractivity contribution in [1.29, 1.82) is 0 Å². The standard InChI is InChI=1S/C17H29N5OS/c1-3-15-20-14(21-23-15)7-10-19-16(18-2)22-11-12-24-17(13-22)8-5-4-6-9-17/h3-13H2,1-2H3,(H,18,19). The molecule has 0 unspecified atom stereocenters. The Hall–Kier alpha value is -1.24. The minimum atomic E-state index is 0.456. The summed E-state index contributed by atoms with van der Waals surface area (Å²) in [5, 5.41) is 7.49. The Kier molecular flexibility index (Phi) is 6.03. The lowest BCUT2D eigenvalue weighted by atomic mass is 9.87. The lowest BCUT2D eigenvalue weighted by Gasteiger charge is -2.45. The second-order valence-electron chi connectivity index (χ2n) is 6.70. The number of hydrogen-bond acceptors (Lipinski definition) is 5. The molecule has 0 amide bonds. The number of nitrogens with one attached hydrogen (secondary N) is 1. The highest BCUT2D eigenvalue weighted by Gasteiger charge is 2.38. The van der Waals surface area contributed by atoms with Crippen LogP contribution in [0.15, 0.2) is 9.52 Å². The number of aliphatic imine (C=N–C) groups is 1. The highest BCUT2D eigenvalue weighted by Crippen LogP contribution is 2.42. The third kappa shape index (κ3) is 4.23. The van der Waals surface area contributed by atoms with E-state index in [-0.39, 0.29) is 0 Å². The van der Waals surface area contributed by atoms with E-state index in [1.54, 1.807) is 0 Å². The summed E-state index contributed by atoms with van der Waals surface area (Å²) in [4.78, 5) is 11.3. The van der Waals surface area contributed by atoms with Crippen LogP contribution in [-0.4, -0.2) is 58.2 Å². The van der Waals surface area contributed by atoms with Crippen molar-refractivity contribution in [3.8, 4) is 0 Å². The molecule has 0 aromatic carbocycles. The van der Waals surface area contributed by atoms with E-state index >= 15 is 0 Å². The third-order valence-electron chi connectivity index (χ3n) is 4.97. The van der Waals surface area contributed by atoms with Crippen molar-refractivity contribution < 1.29 is 4.52 Å². The van der Waals surface area contributed by atoms with E-state index in [0.717, 1.165) is 44.3 Å².